The monoisotopic (exact) mass is 578 g/mol. The first-order valence-corrected chi connectivity index (χ1v) is 11.4. The number of aromatic amines is 1. The van der Waals surface area contributed by atoms with Crippen LogP contribution in [0.25, 0.3) is 11.0 Å². The molecule has 3 heterocycles. The number of anilines is 3. The van der Waals surface area contributed by atoms with Gasteiger partial charge in [0.2, 0.25) is 0 Å². The fourth-order valence-electron chi connectivity index (χ4n) is 4.41. The van der Waals surface area contributed by atoms with Crippen molar-refractivity contribution >= 4 is 77.3 Å². The number of fused-ring (bicyclic) bond motifs is 2. The van der Waals surface area contributed by atoms with Crippen molar-refractivity contribution < 1.29 is 14.3 Å². The number of carbonyl (C=O) groups is 2. The first-order chi connectivity index (χ1) is 17.0. The molecule has 0 saturated carbocycles. The average Bonchev–Trinajstić information content (AvgIpc) is 3.18. The van der Waals surface area contributed by atoms with Crippen LogP contribution < -0.4 is 19.9 Å². The van der Waals surface area contributed by atoms with Crippen LogP contribution in [0.4, 0.5) is 17.2 Å². The number of ether oxygens (including phenoxy) is 1. The van der Waals surface area contributed by atoms with E-state index in [1.165, 1.54) is 7.11 Å². The Morgan fingerprint density at radius 3 is 2.61 bits per heavy atom. The molecule has 2 aromatic heterocycles. The number of aromatic nitrogens is 3. The summed E-state index contributed by atoms with van der Waals surface area (Å²) < 4.78 is 5.51. The quantitative estimate of drug-likeness (QED) is 0.341. The summed E-state index contributed by atoms with van der Waals surface area (Å²) in [5.74, 6) is 1.33. The molecule has 0 radical (unpaired) electrons. The zero-order valence-corrected chi connectivity index (χ0v) is 23.5. The third kappa shape index (κ3) is 5.80. The van der Waals surface area contributed by atoms with Crippen LogP contribution in [0.5, 0.6) is 5.75 Å². The molecule has 1 aliphatic heterocycles. The third-order valence-corrected chi connectivity index (χ3v) is 6.11. The van der Waals surface area contributed by atoms with Crippen molar-refractivity contribution in [3.63, 3.8) is 0 Å². The van der Waals surface area contributed by atoms with E-state index in [0.717, 1.165) is 35.8 Å². The van der Waals surface area contributed by atoms with Crippen LogP contribution in [0.3, 0.4) is 0 Å². The Labute approximate surface area is 239 Å². The second-order valence-electron chi connectivity index (χ2n) is 8.47. The summed E-state index contributed by atoms with van der Waals surface area (Å²) in [6.07, 6.45) is 2.54. The van der Waals surface area contributed by atoms with Gasteiger partial charge in [-0.1, -0.05) is 6.07 Å². The second-order valence-corrected chi connectivity index (χ2v) is 8.47. The van der Waals surface area contributed by atoms with Gasteiger partial charge in [0.05, 0.1) is 29.6 Å². The number of nitrogens with zero attached hydrogens (tertiary/aromatic N) is 4. The standard InChI is InChI=1S/C26H26N6O3.3ClH/c1-16-28-19-7-4-8-20(23(19)29-16)30-25(33)18-11-10-17(15-22(18)35-3)26(34)32-14-6-13-31(2)24-21(32)9-5-12-27-24;;;/h4-5,7-12,15H,6,13-14H2,1-3H3,(H,28,29)(H,30,33);3*1H. The topological polar surface area (TPSA) is 103 Å². The molecule has 202 valence electrons. The minimum Gasteiger partial charge on any atom is -0.496 e. The van der Waals surface area contributed by atoms with Crippen molar-refractivity contribution in [2.75, 3.05) is 42.4 Å². The van der Waals surface area contributed by atoms with Gasteiger partial charge in [0, 0.05) is 31.9 Å². The lowest BCUT2D eigenvalue weighted by molar-refractivity contribution is 0.0982. The number of aryl methyl sites for hydroxylation is 1. The molecule has 0 atom stereocenters. The first kappa shape index (κ1) is 30.7. The highest BCUT2D eigenvalue weighted by molar-refractivity contribution is 6.12. The average molecular weight is 580 g/mol. The number of halogens is 3. The van der Waals surface area contributed by atoms with Crippen LogP contribution in [-0.4, -0.2) is 54.0 Å². The van der Waals surface area contributed by atoms with Gasteiger partial charge in [-0.25, -0.2) is 9.97 Å². The number of hydrogen-bond donors (Lipinski definition) is 2. The Balaban J connectivity index is 0.00000169. The van der Waals surface area contributed by atoms with E-state index in [9.17, 15) is 9.59 Å². The molecule has 0 fully saturated rings. The predicted octanol–water partition coefficient (Wildman–Crippen LogP) is 5.28. The lowest BCUT2D eigenvalue weighted by Crippen LogP contribution is -2.31. The van der Waals surface area contributed by atoms with Gasteiger partial charge in [-0.2, -0.15) is 0 Å². The van der Waals surface area contributed by atoms with Gasteiger partial charge < -0.3 is 24.8 Å². The molecule has 1 aliphatic rings. The molecule has 0 saturated heterocycles. The fraction of sp³-hybridized carbons (Fsp3) is 0.231. The Hall–Kier alpha value is -3.53. The summed E-state index contributed by atoms with van der Waals surface area (Å²) in [6.45, 7) is 3.24. The zero-order chi connectivity index (χ0) is 24.5. The van der Waals surface area contributed by atoms with Crippen molar-refractivity contribution in [2.24, 2.45) is 0 Å². The largest absolute Gasteiger partial charge is 0.496 e. The van der Waals surface area contributed by atoms with E-state index in [0.29, 0.717) is 34.6 Å². The number of rotatable bonds is 4. The molecular weight excluding hydrogens is 551 g/mol. The van der Waals surface area contributed by atoms with Crippen LogP contribution in [0, 0.1) is 6.92 Å². The van der Waals surface area contributed by atoms with Gasteiger partial charge in [0.25, 0.3) is 11.8 Å². The maximum atomic E-state index is 13.5. The van der Waals surface area contributed by atoms with Crippen LogP contribution in [0.2, 0.25) is 0 Å². The summed E-state index contributed by atoms with van der Waals surface area (Å²) in [5.41, 5.74) is 3.64. The van der Waals surface area contributed by atoms with E-state index in [-0.39, 0.29) is 49.0 Å². The van der Waals surface area contributed by atoms with Crippen LogP contribution >= 0.6 is 37.2 Å². The first-order valence-electron chi connectivity index (χ1n) is 11.4. The van der Waals surface area contributed by atoms with E-state index in [1.54, 1.807) is 35.4 Å². The molecule has 12 heteroatoms. The van der Waals surface area contributed by atoms with E-state index in [4.69, 9.17) is 4.74 Å². The number of H-pyrrole nitrogens is 1. The smallest absolute Gasteiger partial charge is 0.259 e. The molecule has 0 bridgehead atoms. The summed E-state index contributed by atoms with van der Waals surface area (Å²) in [4.78, 5) is 42.5. The van der Waals surface area contributed by atoms with Gasteiger partial charge in [-0.05, 0) is 55.8 Å². The maximum Gasteiger partial charge on any atom is 0.259 e. The lowest BCUT2D eigenvalue weighted by Gasteiger charge is -2.23. The van der Waals surface area contributed by atoms with Crippen molar-refractivity contribution in [3.8, 4) is 5.75 Å². The fourth-order valence-corrected chi connectivity index (χ4v) is 4.41. The highest BCUT2D eigenvalue weighted by Crippen LogP contribution is 2.31. The summed E-state index contributed by atoms with van der Waals surface area (Å²) in [6, 6.07) is 14.2. The van der Waals surface area contributed by atoms with Crippen LogP contribution in [-0.2, 0) is 0 Å². The Morgan fingerprint density at radius 2 is 1.84 bits per heavy atom. The molecule has 9 nitrogen and oxygen atoms in total. The van der Waals surface area contributed by atoms with E-state index >= 15 is 0 Å². The number of methoxy groups -OCH3 is 1. The van der Waals surface area contributed by atoms with Crippen molar-refractivity contribution in [2.45, 2.75) is 13.3 Å². The van der Waals surface area contributed by atoms with E-state index in [2.05, 4.69) is 25.2 Å². The van der Waals surface area contributed by atoms with Gasteiger partial charge >= 0.3 is 0 Å². The van der Waals surface area contributed by atoms with Gasteiger partial charge in [0.1, 0.15) is 17.1 Å². The summed E-state index contributed by atoms with van der Waals surface area (Å²) >= 11 is 0. The number of para-hydroxylation sites is 1. The molecule has 2 aromatic carbocycles. The Morgan fingerprint density at radius 1 is 1.05 bits per heavy atom. The van der Waals surface area contributed by atoms with Crippen LogP contribution in [0.1, 0.15) is 33.0 Å². The van der Waals surface area contributed by atoms with Gasteiger partial charge in [-0.15, -0.1) is 37.2 Å². The number of amides is 2. The Bertz CT molecular complexity index is 1450. The molecule has 5 rings (SSSR count). The number of carbonyl (C=O) groups excluding carboxylic acids is 2. The van der Waals surface area contributed by atoms with Crippen molar-refractivity contribution in [1.29, 1.82) is 0 Å². The van der Waals surface area contributed by atoms with Crippen molar-refractivity contribution in [1.82, 2.24) is 15.0 Å². The number of hydrogen-bond acceptors (Lipinski definition) is 6. The number of pyridine rings is 1. The zero-order valence-electron chi connectivity index (χ0n) is 21.1. The molecular formula is C26H29Cl3N6O3. The van der Waals surface area contributed by atoms with E-state index < -0.39 is 0 Å². The van der Waals surface area contributed by atoms with Crippen molar-refractivity contribution in [3.05, 3.63) is 71.7 Å². The molecule has 2 amide bonds. The number of benzene rings is 2. The summed E-state index contributed by atoms with van der Waals surface area (Å²) in [7, 11) is 3.46. The highest BCUT2D eigenvalue weighted by atomic mass is 35.5. The predicted molar refractivity (Wildman–Crippen MR) is 157 cm³/mol. The maximum absolute atomic E-state index is 13.5. The minimum atomic E-state index is -0.347. The highest BCUT2D eigenvalue weighted by Gasteiger charge is 2.26. The second kappa shape index (κ2) is 12.8. The van der Waals surface area contributed by atoms with Gasteiger partial charge in [0.15, 0.2) is 5.82 Å². The molecule has 2 N–H and O–H groups in total. The molecule has 0 spiro atoms. The number of imidazole rings is 1. The lowest BCUT2D eigenvalue weighted by atomic mass is 10.1. The van der Waals surface area contributed by atoms with E-state index in [1.807, 2.05) is 38.2 Å². The minimum absolute atomic E-state index is 0. The molecule has 38 heavy (non-hydrogen) atoms. The Kier molecular flexibility index (Phi) is 10.4. The molecule has 0 unspecified atom stereocenters. The third-order valence-electron chi connectivity index (χ3n) is 6.11. The SMILES string of the molecule is COc1cc(C(=O)N2CCCN(C)c3ncccc32)ccc1C(=O)Nc1cccc2[nH]c(C)nc12.Cl.Cl.Cl. The normalized spacial score (nSPS) is 12.3. The van der Waals surface area contributed by atoms with Gasteiger partial charge in [-0.3, -0.25) is 9.59 Å². The number of nitrogens with one attached hydrogen (secondary N) is 2. The van der Waals surface area contributed by atoms with Crippen LogP contribution in [0.15, 0.2) is 54.7 Å². The molecule has 4 aromatic rings. The molecule has 0 aliphatic carbocycles. The summed E-state index contributed by atoms with van der Waals surface area (Å²) in [5, 5.41) is 2.92.